The molecule has 0 radical (unpaired) electrons. The molecule has 1 aromatic rings. The van der Waals surface area contributed by atoms with Gasteiger partial charge < -0.3 is 14.7 Å². The van der Waals surface area contributed by atoms with Crippen LogP contribution in [0.1, 0.15) is 12.1 Å². The molecule has 0 aliphatic carbocycles. The summed E-state index contributed by atoms with van der Waals surface area (Å²) >= 11 is 0. The van der Waals surface area contributed by atoms with Gasteiger partial charge in [0, 0.05) is 6.54 Å². The molecule has 0 aromatic carbocycles. The molecule has 2 heterocycles. The van der Waals surface area contributed by atoms with E-state index in [1.54, 1.807) is 6.20 Å². The lowest BCUT2D eigenvalue weighted by Crippen LogP contribution is -2.50. The van der Waals surface area contributed by atoms with Crippen LogP contribution in [0.4, 0.5) is 5.69 Å². The highest BCUT2D eigenvalue weighted by atomic mass is 16.5. The molecule has 1 fully saturated rings. The van der Waals surface area contributed by atoms with Gasteiger partial charge in [0.15, 0.2) is 0 Å². The number of aryl methyl sites for hydroxylation is 1. The highest BCUT2D eigenvalue weighted by Gasteiger charge is 2.28. The minimum atomic E-state index is -0.786. The number of aliphatic carboxylic acids is 1. The Hall–Kier alpha value is -1.56. The third-order valence-corrected chi connectivity index (χ3v) is 2.74. The SMILES string of the molecule is Cc1[nH]ncc1N(CCC(=O)O)C1COC1. The fourth-order valence-corrected chi connectivity index (χ4v) is 1.75. The van der Waals surface area contributed by atoms with E-state index in [9.17, 15) is 4.79 Å². The Morgan fingerprint density at radius 1 is 1.75 bits per heavy atom. The number of H-pyrrole nitrogens is 1. The summed E-state index contributed by atoms with van der Waals surface area (Å²) < 4.78 is 5.14. The Balaban J connectivity index is 2.08. The smallest absolute Gasteiger partial charge is 0.305 e. The van der Waals surface area contributed by atoms with E-state index in [1.807, 2.05) is 6.92 Å². The molecular weight excluding hydrogens is 210 g/mol. The first-order valence-corrected chi connectivity index (χ1v) is 5.24. The highest BCUT2D eigenvalue weighted by molar-refractivity contribution is 5.68. The maximum atomic E-state index is 10.6. The number of ether oxygens (including phenoxy) is 1. The average Bonchev–Trinajstić information content (AvgIpc) is 2.55. The van der Waals surface area contributed by atoms with E-state index in [0.29, 0.717) is 19.8 Å². The van der Waals surface area contributed by atoms with E-state index in [0.717, 1.165) is 11.4 Å². The molecule has 6 heteroatoms. The van der Waals surface area contributed by atoms with E-state index in [4.69, 9.17) is 9.84 Å². The summed E-state index contributed by atoms with van der Waals surface area (Å²) in [4.78, 5) is 12.7. The predicted molar refractivity (Wildman–Crippen MR) is 57.5 cm³/mol. The Morgan fingerprint density at radius 3 is 2.94 bits per heavy atom. The molecule has 2 rings (SSSR count). The molecule has 0 unspecified atom stereocenters. The molecule has 0 atom stereocenters. The van der Waals surface area contributed by atoms with E-state index in [-0.39, 0.29) is 12.5 Å². The van der Waals surface area contributed by atoms with Gasteiger partial charge in [-0.15, -0.1) is 0 Å². The second-order valence-corrected chi connectivity index (χ2v) is 3.91. The molecule has 1 saturated heterocycles. The highest BCUT2D eigenvalue weighted by Crippen LogP contribution is 2.23. The minimum absolute atomic E-state index is 0.126. The first-order chi connectivity index (χ1) is 7.68. The lowest BCUT2D eigenvalue weighted by Gasteiger charge is -2.38. The number of aromatic amines is 1. The van der Waals surface area contributed by atoms with Crippen LogP contribution in [0.5, 0.6) is 0 Å². The van der Waals surface area contributed by atoms with Gasteiger partial charge in [0.1, 0.15) is 0 Å². The first-order valence-electron chi connectivity index (χ1n) is 5.24. The summed E-state index contributed by atoms with van der Waals surface area (Å²) in [7, 11) is 0. The minimum Gasteiger partial charge on any atom is -0.481 e. The molecule has 1 aliphatic rings. The molecule has 1 aliphatic heterocycles. The van der Waals surface area contributed by atoms with Gasteiger partial charge >= 0.3 is 5.97 Å². The molecule has 0 bridgehead atoms. The Morgan fingerprint density at radius 2 is 2.50 bits per heavy atom. The van der Waals surface area contributed by atoms with Gasteiger partial charge in [0.2, 0.25) is 0 Å². The summed E-state index contributed by atoms with van der Waals surface area (Å²) in [5, 5.41) is 15.5. The van der Waals surface area contributed by atoms with Crippen molar-refractivity contribution in [3.63, 3.8) is 0 Å². The van der Waals surface area contributed by atoms with E-state index in [1.165, 1.54) is 0 Å². The number of aromatic nitrogens is 2. The number of anilines is 1. The van der Waals surface area contributed by atoms with Gasteiger partial charge in [-0.05, 0) is 6.92 Å². The lowest BCUT2D eigenvalue weighted by atomic mass is 10.1. The van der Waals surface area contributed by atoms with Gasteiger partial charge in [-0.2, -0.15) is 5.10 Å². The quantitative estimate of drug-likeness (QED) is 0.758. The Bertz CT molecular complexity index is 373. The van der Waals surface area contributed by atoms with Crippen LogP contribution in [0, 0.1) is 6.92 Å². The van der Waals surface area contributed by atoms with E-state index >= 15 is 0 Å². The zero-order valence-corrected chi connectivity index (χ0v) is 9.14. The zero-order valence-electron chi connectivity index (χ0n) is 9.14. The van der Waals surface area contributed by atoms with E-state index < -0.39 is 5.97 Å². The molecule has 2 N–H and O–H groups in total. The van der Waals surface area contributed by atoms with Gasteiger partial charge in [0.05, 0.1) is 43.3 Å². The first kappa shape index (κ1) is 10.9. The van der Waals surface area contributed by atoms with Crippen molar-refractivity contribution in [1.82, 2.24) is 10.2 Å². The number of rotatable bonds is 5. The summed E-state index contributed by atoms with van der Waals surface area (Å²) in [5.74, 6) is -0.786. The van der Waals surface area contributed by atoms with Crippen LogP contribution in [0.15, 0.2) is 6.20 Å². The predicted octanol–water partition coefficient (Wildman–Crippen LogP) is 0.398. The summed E-state index contributed by atoms with van der Waals surface area (Å²) in [5.41, 5.74) is 1.92. The monoisotopic (exact) mass is 225 g/mol. The molecule has 16 heavy (non-hydrogen) atoms. The maximum Gasteiger partial charge on any atom is 0.305 e. The standard InChI is InChI=1S/C10H15N3O3/c1-7-9(4-11-12-7)13(3-2-10(14)15)8-5-16-6-8/h4,8H,2-3,5-6H2,1H3,(H,11,12)(H,14,15). The van der Waals surface area contributed by atoms with Gasteiger partial charge in [0.25, 0.3) is 0 Å². The van der Waals surface area contributed by atoms with Crippen molar-refractivity contribution in [3.05, 3.63) is 11.9 Å². The van der Waals surface area contributed by atoms with Gasteiger partial charge in [-0.25, -0.2) is 0 Å². The number of nitrogens with one attached hydrogen (secondary N) is 1. The molecule has 0 amide bonds. The summed E-state index contributed by atoms with van der Waals surface area (Å²) in [6.07, 6.45) is 1.86. The molecule has 6 nitrogen and oxygen atoms in total. The van der Waals surface area contributed by atoms with Crippen LogP contribution in [-0.2, 0) is 9.53 Å². The van der Waals surface area contributed by atoms with Gasteiger partial charge in [-0.3, -0.25) is 9.89 Å². The summed E-state index contributed by atoms with van der Waals surface area (Å²) in [6.45, 7) is 3.73. The van der Waals surface area contributed by atoms with Crippen LogP contribution in [0.3, 0.4) is 0 Å². The fraction of sp³-hybridized carbons (Fsp3) is 0.600. The number of carboxylic acid groups (broad SMARTS) is 1. The molecule has 0 spiro atoms. The van der Waals surface area contributed by atoms with Crippen molar-refractivity contribution in [2.75, 3.05) is 24.7 Å². The molecule has 0 saturated carbocycles. The van der Waals surface area contributed by atoms with E-state index in [2.05, 4.69) is 15.1 Å². The maximum absolute atomic E-state index is 10.6. The third-order valence-electron chi connectivity index (χ3n) is 2.74. The number of nitrogens with zero attached hydrogens (tertiary/aromatic N) is 2. The number of hydrogen-bond acceptors (Lipinski definition) is 4. The fourth-order valence-electron chi connectivity index (χ4n) is 1.75. The number of carboxylic acids is 1. The van der Waals surface area contributed by atoms with Crippen molar-refractivity contribution in [3.8, 4) is 0 Å². The largest absolute Gasteiger partial charge is 0.481 e. The summed E-state index contributed by atoms with van der Waals surface area (Å²) in [6, 6.07) is 0.274. The normalized spacial score (nSPS) is 15.8. The van der Waals surface area contributed by atoms with Crippen molar-refractivity contribution < 1.29 is 14.6 Å². The average molecular weight is 225 g/mol. The zero-order chi connectivity index (χ0) is 11.5. The Kier molecular flexibility index (Phi) is 3.09. The van der Waals surface area contributed by atoms with Crippen LogP contribution >= 0.6 is 0 Å². The van der Waals surface area contributed by atoms with Crippen molar-refractivity contribution in [2.24, 2.45) is 0 Å². The van der Waals surface area contributed by atoms with Crippen molar-refractivity contribution >= 4 is 11.7 Å². The van der Waals surface area contributed by atoms with Crippen LogP contribution < -0.4 is 4.90 Å². The third kappa shape index (κ3) is 2.16. The van der Waals surface area contributed by atoms with Crippen LogP contribution in [0.25, 0.3) is 0 Å². The molecular formula is C10H15N3O3. The molecule has 1 aromatic heterocycles. The van der Waals surface area contributed by atoms with Gasteiger partial charge in [-0.1, -0.05) is 0 Å². The molecule has 88 valence electrons. The van der Waals surface area contributed by atoms with Crippen molar-refractivity contribution in [2.45, 2.75) is 19.4 Å². The van der Waals surface area contributed by atoms with Crippen LogP contribution in [-0.4, -0.2) is 47.1 Å². The van der Waals surface area contributed by atoms with Crippen LogP contribution in [0.2, 0.25) is 0 Å². The topological polar surface area (TPSA) is 78.5 Å². The Labute approximate surface area is 93.2 Å². The number of carbonyl (C=O) groups is 1. The second-order valence-electron chi connectivity index (χ2n) is 3.91. The number of hydrogen-bond donors (Lipinski definition) is 2. The second kappa shape index (κ2) is 4.52. The lowest BCUT2D eigenvalue weighted by molar-refractivity contribution is -0.136. The van der Waals surface area contributed by atoms with Crippen molar-refractivity contribution in [1.29, 1.82) is 0 Å².